The summed E-state index contributed by atoms with van der Waals surface area (Å²) in [6, 6.07) is 5.51. The predicted octanol–water partition coefficient (Wildman–Crippen LogP) is 0.769. The van der Waals surface area contributed by atoms with Gasteiger partial charge in [-0.2, -0.15) is 0 Å². The summed E-state index contributed by atoms with van der Waals surface area (Å²) in [5, 5.41) is 3.25. The van der Waals surface area contributed by atoms with Gasteiger partial charge in [0.1, 0.15) is 5.70 Å². The van der Waals surface area contributed by atoms with Crippen molar-refractivity contribution in [3.8, 4) is 0 Å². The number of nitrogens with one attached hydrogen (secondary N) is 1. The van der Waals surface area contributed by atoms with E-state index in [1.807, 2.05) is 18.2 Å². The van der Waals surface area contributed by atoms with Gasteiger partial charge in [0.25, 0.3) is 5.91 Å². The standard InChI is InChI=1S/C10H9N3OS/c1-13-9(14)8(12-10(13)15)6-7-4-2-3-5-11-7/h2-6H,1H3,(H,12,15)/b8-6-. The number of likely N-dealkylation sites (N-methyl/N-ethyl adjacent to an activating group) is 1. The summed E-state index contributed by atoms with van der Waals surface area (Å²) in [5.41, 5.74) is 1.19. The molecule has 1 saturated heterocycles. The van der Waals surface area contributed by atoms with Crippen LogP contribution in [0.1, 0.15) is 5.69 Å². The highest BCUT2D eigenvalue weighted by Gasteiger charge is 2.26. The fraction of sp³-hybridized carbons (Fsp3) is 0.100. The van der Waals surface area contributed by atoms with Crippen molar-refractivity contribution in [2.75, 3.05) is 7.05 Å². The highest BCUT2D eigenvalue weighted by molar-refractivity contribution is 7.80. The van der Waals surface area contributed by atoms with Crippen molar-refractivity contribution in [1.82, 2.24) is 15.2 Å². The van der Waals surface area contributed by atoms with Gasteiger partial charge in [0, 0.05) is 13.2 Å². The van der Waals surface area contributed by atoms with Gasteiger partial charge in [-0.1, -0.05) is 6.07 Å². The zero-order chi connectivity index (χ0) is 10.8. The first kappa shape index (κ1) is 9.79. The van der Waals surface area contributed by atoms with Crippen molar-refractivity contribution in [3.63, 3.8) is 0 Å². The van der Waals surface area contributed by atoms with Crippen LogP contribution in [0.15, 0.2) is 30.1 Å². The van der Waals surface area contributed by atoms with E-state index >= 15 is 0 Å². The molecule has 1 amide bonds. The third kappa shape index (κ3) is 1.87. The van der Waals surface area contributed by atoms with Crippen LogP contribution in [0.4, 0.5) is 0 Å². The number of hydrogen-bond acceptors (Lipinski definition) is 3. The number of carbonyl (C=O) groups is 1. The molecule has 1 N–H and O–H groups in total. The first-order chi connectivity index (χ1) is 7.18. The maximum absolute atomic E-state index is 11.6. The number of thiocarbonyl (C=S) groups is 1. The Morgan fingerprint density at radius 2 is 2.33 bits per heavy atom. The number of hydrogen-bond donors (Lipinski definition) is 1. The Balaban J connectivity index is 2.30. The first-order valence-electron chi connectivity index (χ1n) is 4.40. The average Bonchev–Trinajstić information content (AvgIpc) is 2.48. The molecule has 2 rings (SSSR count). The van der Waals surface area contributed by atoms with Crippen LogP contribution in [0, 0.1) is 0 Å². The van der Waals surface area contributed by atoms with Gasteiger partial charge in [0.05, 0.1) is 5.69 Å². The van der Waals surface area contributed by atoms with E-state index in [-0.39, 0.29) is 5.91 Å². The van der Waals surface area contributed by atoms with E-state index in [2.05, 4.69) is 10.3 Å². The second kappa shape index (κ2) is 3.78. The summed E-state index contributed by atoms with van der Waals surface area (Å²) >= 11 is 4.94. The van der Waals surface area contributed by atoms with E-state index in [1.54, 1.807) is 19.3 Å². The number of amides is 1. The summed E-state index contributed by atoms with van der Waals surface area (Å²) in [7, 11) is 1.64. The first-order valence-corrected chi connectivity index (χ1v) is 4.81. The molecule has 2 heterocycles. The molecule has 0 radical (unpaired) electrons. The van der Waals surface area contributed by atoms with Gasteiger partial charge in [-0.05, 0) is 30.4 Å². The number of rotatable bonds is 1. The number of carbonyl (C=O) groups excluding carboxylic acids is 1. The Labute approximate surface area is 92.6 Å². The van der Waals surface area contributed by atoms with Crippen LogP contribution < -0.4 is 5.32 Å². The molecule has 0 spiro atoms. The molecule has 1 fully saturated rings. The van der Waals surface area contributed by atoms with Crippen molar-refractivity contribution in [1.29, 1.82) is 0 Å². The summed E-state index contributed by atoms with van der Waals surface area (Å²) in [5.74, 6) is -0.134. The molecule has 0 aromatic carbocycles. The second-order valence-electron chi connectivity index (χ2n) is 3.11. The van der Waals surface area contributed by atoms with Crippen LogP contribution >= 0.6 is 12.2 Å². The maximum atomic E-state index is 11.6. The lowest BCUT2D eigenvalue weighted by molar-refractivity contribution is -0.121. The third-order valence-electron chi connectivity index (χ3n) is 2.06. The van der Waals surface area contributed by atoms with Crippen molar-refractivity contribution in [2.45, 2.75) is 0 Å². The topological polar surface area (TPSA) is 45.2 Å². The van der Waals surface area contributed by atoms with E-state index in [0.29, 0.717) is 10.8 Å². The highest BCUT2D eigenvalue weighted by atomic mass is 32.1. The van der Waals surface area contributed by atoms with Crippen molar-refractivity contribution >= 4 is 29.3 Å². The molecule has 0 saturated carbocycles. The summed E-state index contributed by atoms with van der Waals surface area (Å²) in [6.07, 6.45) is 3.35. The summed E-state index contributed by atoms with van der Waals surface area (Å²) < 4.78 is 0. The van der Waals surface area contributed by atoms with E-state index in [0.717, 1.165) is 5.69 Å². The van der Waals surface area contributed by atoms with Gasteiger partial charge in [0.2, 0.25) is 0 Å². The Hall–Kier alpha value is -1.75. The monoisotopic (exact) mass is 219 g/mol. The Kier molecular flexibility index (Phi) is 2.47. The number of aromatic nitrogens is 1. The number of pyridine rings is 1. The third-order valence-corrected chi connectivity index (χ3v) is 2.44. The quantitative estimate of drug-likeness (QED) is 0.560. The Morgan fingerprint density at radius 3 is 2.87 bits per heavy atom. The maximum Gasteiger partial charge on any atom is 0.276 e. The molecule has 4 nitrogen and oxygen atoms in total. The molecular formula is C10H9N3OS. The predicted molar refractivity (Wildman–Crippen MR) is 60.7 cm³/mol. The zero-order valence-electron chi connectivity index (χ0n) is 8.10. The number of nitrogens with zero attached hydrogens (tertiary/aromatic N) is 2. The van der Waals surface area contributed by atoms with Crippen LogP contribution in [0.2, 0.25) is 0 Å². The molecule has 5 heteroatoms. The van der Waals surface area contributed by atoms with Crippen LogP contribution in [0.3, 0.4) is 0 Å². The lowest BCUT2D eigenvalue weighted by Gasteiger charge is -2.02. The zero-order valence-corrected chi connectivity index (χ0v) is 8.91. The molecule has 1 aromatic rings. The smallest absolute Gasteiger partial charge is 0.276 e. The molecule has 0 atom stereocenters. The largest absolute Gasteiger partial charge is 0.328 e. The van der Waals surface area contributed by atoms with Crippen molar-refractivity contribution in [2.24, 2.45) is 0 Å². The normalized spacial score (nSPS) is 18.5. The molecular weight excluding hydrogens is 210 g/mol. The van der Waals surface area contributed by atoms with Crippen LogP contribution in [0.5, 0.6) is 0 Å². The minimum absolute atomic E-state index is 0.134. The van der Waals surface area contributed by atoms with E-state index in [1.165, 1.54) is 4.90 Å². The van der Waals surface area contributed by atoms with Gasteiger partial charge < -0.3 is 5.32 Å². The molecule has 15 heavy (non-hydrogen) atoms. The van der Waals surface area contributed by atoms with E-state index < -0.39 is 0 Å². The lowest BCUT2D eigenvalue weighted by atomic mass is 10.3. The van der Waals surface area contributed by atoms with Gasteiger partial charge in [-0.25, -0.2) is 0 Å². The molecule has 0 unspecified atom stereocenters. The van der Waals surface area contributed by atoms with E-state index in [9.17, 15) is 4.79 Å². The SMILES string of the molecule is CN1C(=O)/C(=C/c2ccccn2)NC1=S. The summed E-state index contributed by atoms with van der Waals surface area (Å²) in [4.78, 5) is 17.1. The Bertz CT molecular complexity index is 441. The molecule has 1 aliphatic rings. The van der Waals surface area contributed by atoms with Gasteiger partial charge >= 0.3 is 0 Å². The van der Waals surface area contributed by atoms with Gasteiger partial charge in [0.15, 0.2) is 5.11 Å². The highest BCUT2D eigenvalue weighted by Crippen LogP contribution is 2.10. The Morgan fingerprint density at radius 1 is 1.53 bits per heavy atom. The molecule has 76 valence electrons. The fourth-order valence-corrected chi connectivity index (χ4v) is 1.43. The minimum Gasteiger partial charge on any atom is -0.328 e. The van der Waals surface area contributed by atoms with Gasteiger partial charge in [-0.3, -0.25) is 14.7 Å². The van der Waals surface area contributed by atoms with Crippen molar-refractivity contribution in [3.05, 3.63) is 35.8 Å². The van der Waals surface area contributed by atoms with Crippen LogP contribution in [-0.4, -0.2) is 28.0 Å². The fourth-order valence-electron chi connectivity index (χ4n) is 1.23. The van der Waals surface area contributed by atoms with Crippen LogP contribution in [-0.2, 0) is 4.79 Å². The van der Waals surface area contributed by atoms with Crippen LogP contribution in [0.25, 0.3) is 6.08 Å². The van der Waals surface area contributed by atoms with Gasteiger partial charge in [-0.15, -0.1) is 0 Å². The lowest BCUT2D eigenvalue weighted by Crippen LogP contribution is -2.25. The summed E-state index contributed by atoms with van der Waals surface area (Å²) in [6.45, 7) is 0. The molecule has 1 aromatic heterocycles. The second-order valence-corrected chi connectivity index (χ2v) is 3.49. The van der Waals surface area contributed by atoms with E-state index in [4.69, 9.17) is 12.2 Å². The molecule has 0 aliphatic carbocycles. The minimum atomic E-state index is -0.134. The van der Waals surface area contributed by atoms with Crippen molar-refractivity contribution < 1.29 is 4.79 Å². The molecule has 0 bridgehead atoms. The average molecular weight is 219 g/mol. The molecule has 1 aliphatic heterocycles.